The van der Waals surface area contributed by atoms with Crippen LogP contribution in [0.5, 0.6) is 0 Å². The van der Waals surface area contributed by atoms with Gasteiger partial charge in [0.05, 0.1) is 23.0 Å². The monoisotopic (exact) mass is 317 g/mol. The maximum Gasteiger partial charge on any atom is 0.253 e. The second-order valence-electron chi connectivity index (χ2n) is 5.49. The molecule has 0 bridgehead atoms. The largest absolute Gasteiger partial charge is 0.355 e. The molecule has 3 aromatic rings. The van der Waals surface area contributed by atoms with E-state index in [2.05, 4.69) is 15.6 Å². The average molecular weight is 317 g/mol. The standard InChI is InChI=1S/C20H19N3O/c1-15(18-12-7-8-14-21-18)22-20(24)17-11-5-6-13-19(17)23-16-9-3-2-4-10-16/h2-15,23H,1H3,(H,22,24). The summed E-state index contributed by atoms with van der Waals surface area (Å²) in [5.41, 5.74) is 3.15. The van der Waals surface area contributed by atoms with Crippen molar-refractivity contribution < 1.29 is 4.79 Å². The summed E-state index contributed by atoms with van der Waals surface area (Å²) >= 11 is 0. The van der Waals surface area contributed by atoms with Crippen molar-refractivity contribution in [2.45, 2.75) is 13.0 Å². The van der Waals surface area contributed by atoms with Crippen LogP contribution in [0.3, 0.4) is 0 Å². The molecule has 0 aliphatic carbocycles. The molecular formula is C20H19N3O. The molecule has 2 aromatic carbocycles. The third-order valence-electron chi connectivity index (χ3n) is 3.70. The van der Waals surface area contributed by atoms with Crippen molar-refractivity contribution in [3.63, 3.8) is 0 Å². The minimum absolute atomic E-state index is 0.132. The molecule has 0 spiro atoms. The minimum Gasteiger partial charge on any atom is -0.355 e. The molecule has 1 aromatic heterocycles. The van der Waals surface area contributed by atoms with Crippen molar-refractivity contribution in [2.75, 3.05) is 5.32 Å². The molecule has 4 nitrogen and oxygen atoms in total. The zero-order chi connectivity index (χ0) is 16.8. The highest BCUT2D eigenvalue weighted by Crippen LogP contribution is 2.21. The van der Waals surface area contributed by atoms with Gasteiger partial charge in [0.1, 0.15) is 0 Å². The summed E-state index contributed by atoms with van der Waals surface area (Å²) in [5.74, 6) is -0.132. The molecule has 0 saturated heterocycles. The van der Waals surface area contributed by atoms with Gasteiger partial charge < -0.3 is 10.6 Å². The highest BCUT2D eigenvalue weighted by atomic mass is 16.1. The van der Waals surface area contributed by atoms with Gasteiger partial charge in [-0.2, -0.15) is 0 Å². The molecule has 0 fully saturated rings. The lowest BCUT2D eigenvalue weighted by molar-refractivity contribution is 0.0940. The van der Waals surface area contributed by atoms with Crippen molar-refractivity contribution in [3.8, 4) is 0 Å². The first-order chi connectivity index (χ1) is 11.7. The SMILES string of the molecule is CC(NC(=O)c1ccccc1Nc1ccccc1)c1ccccn1. The number of pyridine rings is 1. The van der Waals surface area contributed by atoms with Gasteiger partial charge in [-0.15, -0.1) is 0 Å². The Morgan fingerprint density at radius 1 is 0.917 bits per heavy atom. The lowest BCUT2D eigenvalue weighted by atomic mass is 10.1. The molecule has 2 N–H and O–H groups in total. The van der Waals surface area contributed by atoms with Crippen molar-refractivity contribution >= 4 is 17.3 Å². The Morgan fingerprint density at radius 3 is 2.38 bits per heavy atom. The zero-order valence-electron chi connectivity index (χ0n) is 13.4. The number of carbonyl (C=O) groups is 1. The lowest BCUT2D eigenvalue weighted by Crippen LogP contribution is -2.27. The van der Waals surface area contributed by atoms with Gasteiger partial charge in [-0.25, -0.2) is 0 Å². The summed E-state index contributed by atoms with van der Waals surface area (Å²) in [7, 11) is 0. The summed E-state index contributed by atoms with van der Waals surface area (Å²) in [6, 6.07) is 22.8. The fraction of sp³-hybridized carbons (Fsp3) is 0.100. The Kier molecular flexibility index (Phi) is 4.87. The Labute approximate surface area is 141 Å². The number of rotatable bonds is 5. The second kappa shape index (κ2) is 7.42. The Morgan fingerprint density at radius 2 is 1.62 bits per heavy atom. The van der Waals surface area contributed by atoms with Gasteiger partial charge in [-0.3, -0.25) is 9.78 Å². The molecule has 3 rings (SSSR count). The Bertz CT molecular complexity index is 803. The second-order valence-corrected chi connectivity index (χ2v) is 5.49. The summed E-state index contributed by atoms with van der Waals surface area (Å²) in [6.07, 6.45) is 1.73. The summed E-state index contributed by atoms with van der Waals surface area (Å²) in [6.45, 7) is 1.92. The average Bonchev–Trinajstić information content (AvgIpc) is 2.63. The fourth-order valence-electron chi connectivity index (χ4n) is 2.45. The van der Waals surface area contributed by atoms with E-state index in [4.69, 9.17) is 0 Å². The van der Waals surface area contributed by atoms with Crippen LogP contribution in [0.25, 0.3) is 0 Å². The van der Waals surface area contributed by atoms with E-state index in [0.717, 1.165) is 17.1 Å². The molecule has 4 heteroatoms. The fourth-order valence-corrected chi connectivity index (χ4v) is 2.45. The first-order valence-electron chi connectivity index (χ1n) is 7.87. The van der Waals surface area contributed by atoms with Crippen LogP contribution in [0.1, 0.15) is 29.0 Å². The summed E-state index contributed by atoms with van der Waals surface area (Å²) in [4.78, 5) is 16.9. The van der Waals surface area contributed by atoms with E-state index in [1.807, 2.05) is 79.7 Å². The molecule has 0 aliphatic rings. The van der Waals surface area contributed by atoms with Gasteiger partial charge in [0.25, 0.3) is 5.91 Å². The normalized spacial score (nSPS) is 11.5. The number of nitrogens with one attached hydrogen (secondary N) is 2. The quantitative estimate of drug-likeness (QED) is 0.737. The number of carbonyl (C=O) groups excluding carboxylic acids is 1. The van der Waals surface area contributed by atoms with E-state index in [9.17, 15) is 4.79 Å². The molecule has 1 amide bonds. The first kappa shape index (κ1) is 15.7. The van der Waals surface area contributed by atoms with E-state index in [-0.39, 0.29) is 11.9 Å². The number of hydrogen-bond donors (Lipinski definition) is 2. The van der Waals surface area contributed by atoms with E-state index < -0.39 is 0 Å². The molecule has 1 heterocycles. The number of para-hydroxylation sites is 2. The number of anilines is 2. The van der Waals surface area contributed by atoms with Gasteiger partial charge in [0, 0.05) is 11.9 Å². The van der Waals surface area contributed by atoms with Crippen LogP contribution in [0.2, 0.25) is 0 Å². The molecule has 0 saturated carbocycles. The van der Waals surface area contributed by atoms with Crippen molar-refractivity contribution in [1.82, 2.24) is 10.3 Å². The number of nitrogens with zero attached hydrogens (tertiary/aromatic N) is 1. The maximum absolute atomic E-state index is 12.7. The highest BCUT2D eigenvalue weighted by Gasteiger charge is 2.15. The van der Waals surface area contributed by atoms with Crippen molar-refractivity contribution in [2.24, 2.45) is 0 Å². The van der Waals surface area contributed by atoms with Crippen LogP contribution in [-0.2, 0) is 0 Å². The van der Waals surface area contributed by atoms with E-state index in [1.54, 1.807) is 6.20 Å². The molecule has 24 heavy (non-hydrogen) atoms. The van der Waals surface area contributed by atoms with Crippen LogP contribution in [0.15, 0.2) is 79.0 Å². The summed E-state index contributed by atoms with van der Waals surface area (Å²) in [5, 5.41) is 6.29. The number of benzene rings is 2. The molecular weight excluding hydrogens is 298 g/mol. The van der Waals surface area contributed by atoms with Gasteiger partial charge in [0.2, 0.25) is 0 Å². The Balaban J connectivity index is 1.78. The first-order valence-corrected chi connectivity index (χ1v) is 7.87. The van der Waals surface area contributed by atoms with Crippen LogP contribution >= 0.6 is 0 Å². The molecule has 1 unspecified atom stereocenters. The third-order valence-corrected chi connectivity index (χ3v) is 3.70. The number of hydrogen-bond acceptors (Lipinski definition) is 3. The lowest BCUT2D eigenvalue weighted by Gasteiger charge is -2.16. The predicted molar refractivity (Wildman–Crippen MR) is 96.3 cm³/mol. The number of aromatic nitrogens is 1. The van der Waals surface area contributed by atoms with E-state index in [0.29, 0.717) is 5.56 Å². The zero-order valence-corrected chi connectivity index (χ0v) is 13.4. The maximum atomic E-state index is 12.7. The van der Waals surface area contributed by atoms with E-state index >= 15 is 0 Å². The van der Waals surface area contributed by atoms with Crippen LogP contribution in [0.4, 0.5) is 11.4 Å². The molecule has 120 valence electrons. The number of amides is 1. The molecule has 1 atom stereocenters. The van der Waals surface area contributed by atoms with Gasteiger partial charge in [-0.1, -0.05) is 36.4 Å². The third kappa shape index (κ3) is 3.79. The predicted octanol–water partition coefficient (Wildman–Crippen LogP) is 4.32. The molecule has 0 aliphatic heterocycles. The summed E-state index contributed by atoms with van der Waals surface area (Å²) < 4.78 is 0. The van der Waals surface area contributed by atoms with Gasteiger partial charge in [-0.05, 0) is 43.3 Å². The van der Waals surface area contributed by atoms with Gasteiger partial charge >= 0.3 is 0 Å². The highest BCUT2D eigenvalue weighted by molar-refractivity contribution is 6.00. The van der Waals surface area contributed by atoms with Crippen molar-refractivity contribution in [1.29, 1.82) is 0 Å². The minimum atomic E-state index is -0.163. The molecule has 0 radical (unpaired) electrons. The smallest absolute Gasteiger partial charge is 0.253 e. The van der Waals surface area contributed by atoms with E-state index in [1.165, 1.54) is 0 Å². The Hall–Kier alpha value is -3.14. The van der Waals surface area contributed by atoms with Gasteiger partial charge in [0.15, 0.2) is 0 Å². The van der Waals surface area contributed by atoms with Crippen LogP contribution in [-0.4, -0.2) is 10.9 Å². The topological polar surface area (TPSA) is 54.0 Å². The van der Waals surface area contributed by atoms with Crippen LogP contribution in [0, 0.1) is 0 Å². The van der Waals surface area contributed by atoms with Crippen molar-refractivity contribution in [3.05, 3.63) is 90.3 Å². The van der Waals surface area contributed by atoms with Crippen LogP contribution < -0.4 is 10.6 Å².